The molecule has 0 bridgehead atoms. The van der Waals surface area contributed by atoms with Gasteiger partial charge in [-0.3, -0.25) is 0 Å². The topological polar surface area (TPSA) is 26.3 Å². The number of hydrogen-bond acceptors (Lipinski definition) is 2. The number of benzene rings is 1. The number of halogens is 1. The zero-order valence-corrected chi connectivity index (χ0v) is 8.79. The Bertz CT molecular complexity index is 379. The molecular weight excluding hydrogens is 195 g/mol. The number of esters is 1. The fraction of sp³-hybridized carbons (Fsp3) is 0.250. The molecule has 0 atom stereocenters. The normalized spacial score (nSPS) is 9.53. The Morgan fingerprint density at radius 3 is 2.80 bits per heavy atom. The lowest BCUT2D eigenvalue weighted by molar-refractivity contribution is 0.0548. The van der Waals surface area contributed by atoms with Crippen molar-refractivity contribution in [2.24, 2.45) is 0 Å². The smallest absolute Gasteiger partial charge is 0.338 e. The number of allylic oxidation sites excluding steroid dienone is 1. The minimum Gasteiger partial charge on any atom is -0.458 e. The summed E-state index contributed by atoms with van der Waals surface area (Å²) in [5, 5.41) is 0. The monoisotopic (exact) mass is 208 g/mol. The van der Waals surface area contributed by atoms with Gasteiger partial charge in [-0.1, -0.05) is 11.6 Å². The van der Waals surface area contributed by atoms with Crippen molar-refractivity contribution in [3.8, 4) is 0 Å². The number of hydrogen-bond donors (Lipinski definition) is 0. The molecule has 0 fully saturated rings. The minimum absolute atomic E-state index is 0.220. The third-order valence-electron chi connectivity index (χ3n) is 1.77. The Morgan fingerprint density at radius 2 is 2.20 bits per heavy atom. The van der Waals surface area contributed by atoms with Crippen LogP contribution in [0.2, 0.25) is 0 Å². The zero-order chi connectivity index (χ0) is 11.3. The van der Waals surface area contributed by atoms with Crippen molar-refractivity contribution in [1.29, 1.82) is 0 Å². The van der Waals surface area contributed by atoms with Gasteiger partial charge in [-0.15, -0.1) is 0 Å². The predicted molar refractivity (Wildman–Crippen MR) is 56.1 cm³/mol. The van der Waals surface area contributed by atoms with Crippen molar-refractivity contribution >= 4 is 5.97 Å². The van der Waals surface area contributed by atoms with Gasteiger partial charge in [0, 0.05) is 0 Å². The minimum atomic E-state index is -0.507. The van der Waals surface area contributed by atoms with Crippen LogP contribution in [0.15, 0.2) is 35.9 Å². The molecule has 0 aliphatic carbocycles. The van der Waals surface area contributed by atoms with E-state index in [0.717, 1.165) is 11.6 Å². The molecule has 0 N–H and O–H groups in total. The Balaban J connectivity index is 2.58. The summed E-state index contributed by atoms with van der Waals surface area (Å²) in [5.74, 6) is -0.946. The maximum atomic E-state index is 12.8. The van der Waals surface area contributed by atoms with E-state index in [1.54, 1.807) is 6.08 Å². The molecule has 1 aromatic carbocycles. The van der Waals surface area contributed by atoms with Crippen molar-refractivity contribution in [2.45, 2.75) is 13.8 Å². The molecule has 0 saturated carbocycles. The maximum Gasteiger partial charge on any atom is 0.338 e. The van der Waals surface area contributed by atoms with Gasteiger partial charge in [-0.05, 0) is 38.1 Å². The van der Waals surface area contributed by atoms with Crippen LogP contribution in [0.25, 0.3) is 0 Å². The lowest BCUT2D eigenvalue weighted by atomic mass is 10.2. The van der Waals surface area contributed by atoms with E-state index in [9.17, 15) is 9.18 Å². The summed E-state index contributed by atoms with van der Waals surface area (Å²) < 4.78 is 17.7. The van der Waals surface area contributed by atoms with Crippen LogP contribution in [-0.2, 0) is 4.74 Å². The molecule has 0 saturated heterocycles. The van der Waals surface area contributed by atoms with Crippen LogP contribution >= 0.6 is 0 Å². The van der Waals surface area contributed by atoms with Crippen molar-refractivity contribution in [1.82, 2.24) is 0 Å². The van der Waals surface area contributed by atoms with Crippen LogP contribution < -0.4 is 0 Å². The van der Waals surface area contributed by atoms with Gasteiger partial charge in [-0.25, -0.2) is 9.18 Å². The maximum absolute atomic E-state index is 12.8. The summed E-state index contributed by atoms with van der Waals surface area (Å²) in [6.45, 7) is 4.05. The first-order chi connectivity index (χ1) is 7.09. The number of ether oxygens (including phenoxy) is 1. The first-order valence-corrected chi connectivity index (χ1v) is 4.65. The van der Waals surface area contributed by atoms with Crippen molar-refractivity contribution < 1.29 is 13.9 Å². The molecule has 2 nitrogen and oxygen atoms in total. The summed E-state index contributed by atoms with van der Waals surface area (Å²) >= 11 is 0. The Kier molecular flexibility index (Phi) is 4.03. The van der Waals surface area contributed by atoms with Gasteiger partial charge in [0.05, 0.1) is 5.56 Å². The Morgan fingerprint density at radius 1 is 1.47 bits per heavy atom. The highest BCUT2D eigenvalue weighted by molar-refractivity contribution is 5.89. The van der Waals surface area contributed by atoms with E-state index >= 15 is 0 Å². The molecule has 1 rings (SSSR count). The van der Waals surface area contributed by atoms with Gasteiger partial charge in [0.2, 0.25) is 0 Å². The first kappa shape index (κ1) is 11.4. The fourth-order valence-corrected chi connectivity index (χ4v) is 0.983. The summed E-state index contributed by atoms with van der Waals surface area (Å²) in [6, 6.07) is 5.44. The van der Waals surface area contributed by atoms with E-state index < -0.39 is 11.8 Å². The third-order valence-corrected chi connectivity index (χ3v) is 1.77. The lowest BCUT2D eigenvalue weighted by Gasteiger charge is -2.02. The summed E-state index contributed by atoms with van der Waals surface area (Å²) in [4.78, 5) is 11.4. The van der Waals surface area contributed by atoms with E-state index in [2.05, 4.69) is 0 Å². The predicted octanol–water partition coefficient (Wildman–Crippen LogP) is 2.95. The second kappa shape index (κ2) is 5.29. The fourth-order valence-electron chi connectivity index (χ4n) is 0.983. The molecule has 0 amide bonds. The highest BCUT2D eigenvalue weighted by atomic mass is 19.1. The molecule has 0 heterocycles. The van der Waals surface area contributed by atoms with E-state index in [0.29, 0.717) is 0 Å². The molecule has 80 valence electrons. The molecular formula is C12H13FO2. The second-order valence-corrected chi connectivity index (χ2v) is 3.39. The van der Waals surface area contributed by atoms with Crippen LogP contribution in [0.3, 0.4) is 0 Å². The van der Waals surface area contributed by atoms with Gasteiger partial charge in [0.15, 0.2) is 0 Å². The van der Waals surface area contributed by atoms with Crippen molar-refractivity contribution in [2.75, 3.05) is 6.61 Å². The van der Waals surface area contributed by atoms with Gasteiger partial charge in [-0.2, -0.15) is 0 Å². The van der Waals surface area contributed by atoms with Gasteiger partial charge in [0.1, 0.15) is 12.4 Å². The van der Waals surface area contributed by atoms with E-state index in [4.69, 9.17) is 4.74 Å². The third kappa shape index (κ3) is 3.94. The summed E-state index contributed by atoms with van der Waals surface area (Å²) in [7, 11) is 0. The van der Waals surface area contributed by atoms with Crippen LogP contribution in [0, 0.1) is 5.82 Å². The van der Waals surface area contributed by atoms with E-state index in [1.807, 2.05) is 13.8 Å². The van der Waals surface area contributed by atoms with Crippen LogP contribution in [0.5, 0.6) is 0 Å². The average molecular weight is 208 g/mol. The van der Waals surface area contributed by atoms with Crippen LogP contribution in [0.1, 0.15) is 24.2 Å². The largest absolute Gasteiger partial charge is 0.458 e. The number of carbonyl (C=O) groups is 1. The molecule has 0 spiro atoms. The highest BCUT2D eigenvalue weighted by Crippen LogP contribution is 2.05. The molecule has 3 heteroatoms. The summed E-state index contributed by atoms with van der Waals surface area (Å²) in [5.41, 5.74) is 1.30. The summed E-state index contributed by atoms with van der Waals surface area (Å²) in [6.07, 6.45) is 1.79. The molecule has 0 radical (unpaired) electrons. The Labute approximate surface area is 88.4 Å². The van der Waals surface area contributed by atoms with Gasteiger partial charge in [0.25, 0.3) is 0 Å². The Hall–Kier alpha value is -1.64. The quantitative estimate of drug-likeness (QED) is 0.564. The van der Waals surface area contributed by atoms with Gasteiger partial charge >= 0.3 is 5.97 Å². The standard InChI is InChI=1S/C12H13FO2/c1-9(2)6-7-15-12(14)10-4-3-5-11(13)8-10/h3-6,8H,7H2,1-2H3. The zero-order valence-electron chi connectivity index (χ0n) is 8.79. The average Bonchev–Trinajstić information content (AvgIpc) is 2.17. The number of rotatable bonds is 3. The second-order valence-electron chi connectivity index (χ2n) is 3.39. The highest BCUT2D eigenvalue weighted by Gasteiger charge is 2.06. The van der Waals surface area contributed by atoms with E-state index in [-0.39, 0.29) is 12.2 Å². The van der Waals surface area contributed by atoms with Crippen LogP contribution in [-0.4, -0.2) is 12.6 Å². The SMILES string of the molecule is CC(C)=CCOC(=O)c1cccc(F)c1. The molecule has 0 aliphatic heterocycles. The van der Waals surface area contributed by atoms with Crippen molar-refractivity contribution in [3.63, 3.8) is 0 Å². The molecule has 15 heavy (non-hydrogen) atoms. The van der Waals surface area contributed by atoms with E-state index in [1.165, 1.54) is 18.2 Å². The molecule has 0 aliphatic rings. The lowest BCUT2D eigenvalue weighted by Crippen LogP contribution is -2.05. The van der Waals surface area contributed by atoms with Crippen LogP contribution in [0.4, 0.5) is 4.39 Å². The van der Waals surface area contributed by atoms with Crippen molar-refractivity contribution in [3.05, 3.63) is 47.3 Å². The first-order valence-electron chi connectivity index (χ1n) is 4.65. The van der Waals surface area contributed by atoms with Gasteiger partial charge < -0.3 is 4.74 Å². The molecule has 0 aromatic heterocycles. The molecule has 0 unspecified atom stereocenters. The number of carbonyl (C=O) groups excluding carboxylic acids is 1. The molecule has 1 aromatic rings.